The van der Waals surface area contributed by atoms with Crippen molar-refractivity contribution in [3.63, 3.8) is 0 Å². The van der Waals surface area contributed by atoms with Crippen molar-refractivity contribution in [1.29, 1.82) is 0 Å². The van der Waals surface area contributed by atoms with Gasteiger partial charge < -0.3 is 0 Å². The maximum Gasteiger partial charge on any atom is 0.236 e. The fraction of sp³-hybridized carbons (Fsp3) is 0.400. The van der Waals surface area contributed by atoms with Gasteiger partial charge in [-0.2, -0.15) is 0 Å². The smallest absolute Gasteiger partial charge is 0.212 e. The van der Waals surface area contributed by atoms with Crippen molar-refractivity contribution in [2.24, 2.45) is 0 Å². The zero-order chi connectivity index (χ0) is 10.8. The Morgan fingerprint density at radius 1 is 1.36 bits per heavy atom. The molecule has 14 heavy (non-hydrogen) atoms. The van der Waals surface area contributed by atoms with Crippen molar-refractivity contribution in [2.75, 3.05) is 0 Å². The minimum Gasteiger partial charge on any atom is -0.212 e. The third-order valence-electron chi connectivity index (χ3n) is 2.15. The van der Waals surface area contributed by atoms with Crippen LogP contribution < -0.4 is 0 Å². The number of hydrogen-bond donors (Lipinski definition) is 0. The first-order chi connectivity index (χ1) is 6.42. The lowest BCUT2D eigenvalue weighted by atomic mass is 10.1. The quantitative estimate of drug-likeness (QED) is 0.751. The Hall–Kier alpha value is -0.540. The summed E-state index contributed by atoms with van der Waals surface area (Å²) in [6.45, 7) is 3.92. The summed E-state index contributed by atoms with van der Waals surface area (Å²) in [5.41, 5.74) is 2.89. The van der Waals surface area contributed by atoms with Crippen LogP contribution >= 0.6 is 10.7 Å². The minimum absolute atomic E-state index is 0.0891. The van der Waals surface area contributed by atoms with Crippen molar-refractivity contribution < 1.29 is 8.42 Å². The fourth-order valence-corrected chi connectivity index (χ4v) is 2.32. The Morgan fingerprint density at radius 2 is 2.00 bits per heavy atom. The monoisotopic (exact) mass is 232 g/mol. The lowest BCUT2D eigenvalue weighted by Gasteiger charge is -2.05. The molecule has 2 nitrogen and oxygen atoms in total. The molecule has 0 heterocycles. The van der Waals surface area contributed by atoms with E-state index in [1.807, 2.05) is 32.0 Å². The highest BCUT2D eigenvalue weighted by Crippen LogP contribution is 2.16. The topological polar surface area (TPSA) is 34.1 Å². The second-order valence-electron chi connectivity index (χ2n) is 3.30. The molecule has 0 aliphatic rings. The van der Waals surface area contributed by atoms with Crippen LogP contribution in [-0.2, 0) is 21.2 Å². The third kappa shape index (κ3) is 3.31. The predicted molar refractivity (Wildman–Crippen MR) is 59.0 cm³/mol. The Labute approximate surface area is 89.3 Å². The molecule has 0 saturated carbocycles. The highest BCUT2D eigenvalue weighted by Gasteiger charge is 2.09. The molecule has 78 valence electrons. The van der Waals surface area contributed by atoms with Crippen molar-refractivity contribution >= 4 is 19.7 Å². The molecular formula is C10H13ClO2S. The Balaban J connectivity index is 3.07. The van der Waals surface area contributed by atoms with E-state index in [1.165, 1.54) is 0 Å². The van der Waals surface area contributed by atoms with E-state index in [0.717, 1.165) is 23.1 Å². The molecule has 0 bridgehead atoms. The van der Waals surface area contributed by atoms with Crippen LogP contribution in [0.4, 0.5) is 0 Å². The molecule has 0 aliphatic carbocycles. The molecule has 4 heteroatoms. The van der Waals surface area contributed by atoms with Crippen LogP contribution in [0.25, 0.3) is 0 Å². The number of halogens is 1. The zero-order valence-electron chi connectivity index (χ0n) is 8.25. The van der Waals surface area contributed by atoms with Gasteiger partial charge in [-0.25, -0.2) is 8.42 Å². The summed E-state index contributed by atoms with van der Waals surface area (Å²) in [6, 6.07) is 5.82. The highest BCUT2D eigenvalue weighted by atomic mass is 35.7. The van der Waals surface area contributed by atoms with Crippen molar-refractivity contribution in [1.82, 2.24) is 0 Å². The number of benzene rings is 1. The summed E-state index contributed by atoms with van der Waals surface area (Å²) in [5.74, 6) is -0.0891. The third-order valence-corrected chi connectivity index (χ3v) is 3.13. The van der Waals surface area contributed by atoms with Crippen LogP contribution in [0.2, 0.25) is 0 Å². The SMILES string of the molecule is CCc1ccc(C)c(CS(=O)(=O)Cl)c1. The van der Waals surface area contributed by atoms with Crippen LogP contribution in [0.15, 0.2) is 18.2 Å². The molecule has 0 atom stereocenters. The molecule has 0 radical (unpaired) electrons. The first-order valence-corrected chi connectivity index (χ1v) is 6.91. The Bertz CT molecular complexity index is 424. The van der Waals surface area contributed by atoms with E-state index < -0.39 is 9.05 Å². The van der Waals surface area contributed by atoms with Gasteiger partial charge in [-0.15, -0.1) is 0 Å². The van der Waals surface area contributed by atoms with Crippen molar-refractivity contribution in [2.45, 2.75) is 26.0 Å². The molecule has 0 unspecified atom stereocenters. The Morgan fingerprint density at radius 3 is 2.50 bits per heavy atom. The van der Waals surface area contributed by atoms with Crippen LogP contribution in [-0.4, -0.2) is 8.42 Å². The van der Waals surface area contributed by atoms with E-state index in [2.05, 4.69) is 0 Å². The molecular weight excluding hydrogens is 220 g/mol. The molecule has 1 aromatic rings. The van der Waals surface area contributed by atoms with Gasteiger partial charge in [-0.3, -0.25) is 0 Å². The van der Waals surface area contributed by atoms with Gasteiger partial charge in [0.25, 0.3) is 0 Å². The van der Waals surface area contributed by atoms with Crippen LogP contribution in [0.3, 0.4) is 0 Å². The maximum absolute atomic E-state index is 10.9. The van der Waals surface area contributed by atoms with E-state index in [0.29, 0.717) is 0 Å². The van der Waals surface area contributed by atoms with Crippen molar-refractivity contribution in [3.8, 4) is 0 Å². The van der Waals surface area contributed by atoms with Crippen molar-refractivity contribution in [3.05, 3.63) is 34.9 Å². The number of hydrogen-bond acceptors (Lipinski definition) is 2. The van der Waals surface area contributed by atoms with Crippen LogP contribution in [0.5, 0.6) is 0 Å². The molecule has 0 N–H and O–H groups in total. The molecule has 0 saturated heterocycles. The Kier molecular flexibility index (Phi) is 3.56. The molecule has 0 amide bonds. The molecule has 1 rings (SSSR count). The molecule has 0 aliphatic heterocycles. The summed E-state index contributed by atoms with van der Waals surface area (Å²) >= 11 is 0. The summed E-state index contributed by atoms with van der Waals surface area (Å²) < 4.78 is 21.8. The molecule has 0 spiro atoms. The van der Waals surface area contributed by atoms with Crippen LogP contribution in [0.1, 0.15) is 23.6 Å². The first-order valence-electron chi connectivity index (χ1n) is 4.43. The number of rotatable bonds is 3. The standard InChI is InChI=1S/C10H13ClO2S/c1-3-9-5-4-8(2)10(6-9)7-14(11,12)13/h4-6H,3,7H2,1-2H3. The van der Waals surface area contributed by atoms with Gasteiger partial charge in [-0.05, 0) is 30.0 Å². The van der Waals surface area contributed by atoms with E-state index in [-0.39, 0.29) is 5.75 Å². The summed E-state index contributed by atoms with van der Waals surface area (Å²) in [7, 11) is 1.75. The van der Waals surface area contributed by atoms with E-state index in [4.69, 9.17) is 10.7 Å². The van der Waals surface area contributed by atoms with Gasteiger partial charge in [0, 0.05) is 10.7 Å². The lowest BCUT2D eigenvalue weighted by molar-refractivity contribution is 0.608. The lowest BCUT2D eigenvalue weighted by Crippen LogP contribution is -1.98. The normalized spacial score (nSPS) is 11.6. The van der Waals surface area contributed by atoms with Gasteiger partial charge in [0.1, 0.15) is 0 Å². The predicted octanol–water partition coefficient (Wildman–Crippen LogP) is 2.63. The zero-order valence-corrected chi connectivity index (χ0v) is 9.82. The summed E-state index contributed by atoms with van der Waals surface area (Å²) in [4.78, 5) is 0. The second-order valence-corrected chi connectivity index (χ2v) is 6.07. The summed E-state index contributed by atoms with van der Waals surface area (Å²) in [6.07, 6.45) is 0.898. The van der Waals surface area contributed by atoms with Gasteiger partial charge in [0.05, 0.1) is 5.75 Å². The van der Waals surface area contributed by atoms with E-state index in [9.17, 15) is 8.42 Å². The first kappa shape index (κ1) is 11.5. The number of aryl methyl sites for hydroxylation is 2. The second kappa shape index (κ2) is 4.32. The van der Waals surface area contributed by atoms with Gasteiger partial charge in [0.2, 0.25) is 9.05 Å². The maximum atomic E-state index is 10.9. The molecule has 0 aromatic heterocycles. The van der Waals surface area contributed by atoms with E-state index >= 15 is 0 Å². The average molecular weight is 233 g/mol. The fourth-order valence-electron chi connectivity index (χ4n) is 1.29. The minimum atomic E-state index is -3.45. The van der Waals surface area contributed by atoms with Gasteiger partial charge >= 0.3 is 0 Å². The molecule has 1 aromatic carbocycles. The highest BCUT2D eigenvalue weighted by molar-refractivity contribution is 8.13. The van der Waals surface area contributed by atoms with Gasteiger partial charge in [0.15, 0.2) is 0 Å². The largest absolute Gasteiger partial charge is 0.236 e. The average Bonchev–Trinajstić information content (AvgIpc) is 2.06. The van der Waals surface area contributed by atoms with Gasteiger partial charge in [-0.1, -0.05) is 25.1 Å². The molecule has 0 fully saturated rings. The van der Waals surface area contributed by atoms with Crippen LogP contribution in [0, 0.1) is 6.92 Å². The van der Waals surface area contributed by atoms with E-state index in [1.54, 1.807) is 0 Å². The summed E-state index contributed by atoms with van der Waals surface area (Å²) in [5, 5.41) is 0.